The first kappa shape index (κ1) is 14.9. The lowest BCUT2D eigenvalue weighted by molar-refractivity contribution is -0.128. The van der Waals surface area contributed by atoms with Gasteiger partial charge in [-0.15, -0.1) is 11.3 Å². The van der Waals surface area contributed by atoms with Crippen molar-refractivity contribution in [3.05, 3.63) is 17.3 Å². The third-order valence-corrected chi connectivity index (χ3v) is 6.14. The number of hydrogen-bond donors (Lipinski definition) is 1. The van der Waals surface area contributed by atoms with E-state index in [0.29, 0.717) is 0 Å². The molecule has 0 aromatic carbocycles. The van der Waals surface area contributed by atoms with Gasteiger partial charge in [-0.25, -0.2) is 9.97 Å². The Balaban J connectivity index is 1.51. The van der Waals surface area contributed by atoms with Crippen LogP contribution in [0.3, 0.4) is 0 Å². The Morgan fingerprint density at radius 3 is 2.96 bits per heavy atom. The molecular formula is C17H22N4OS. The minimum Gasteiger partial charge on any atom is -0.353 e. The number of amides is 1. The highest BCUT2D eigenvalue weighted by Gasteiger charge is 2.29. The van der Waals surface area contributed by atoms with E-state index in [9.17, 15) is 4.79 Å². The zero-order chi connectivity index (χ0) is 15.8. The molecule has 5 nitrogen and oxygen atoms in total. The van der Waals surface area contributed by atoms with E-state index < -0.39 is 0 Å². The van der Waals surface area contributed by atoms with Crippen LogP contribution in [0.25, 0.3) is 10.2 Å². The lowest BCUT2D eigenvalue weighted by atomic mass is 9.84. The zero-order valence-electron chi connectivity index (χ0n) is 13.4. The predicted octanol–water partition coefficient (Wildman–Crippen LogP) is 2.88. The maximum atomic E-state index is 12.2. The lowest BCUT2D eigenvalue weighted by Gasteiger charge is -2.35. The smallest absolute Gasteiger partial charge is 0.223 e. The highest BCUT2D eigenvalue weighted by atomic mass is 32.1. The molecule has 2 aromatic rings. The van der Waals surface area contributed by atoms with Crippen LogP contribution in [-0.4, -0.2) is 35.0 Å². The minimum absolute atomic E-state index is 0.239. The summed E-state index contributed by atoms with van der Waals surface area (Å²) in [4.78, 5) is 23.5. The zero-order valence-corrected chi connectivity index (χ0v) is 14.2. The van der Waals surface area contributed by atoms with Gasteiger partial charge < -0.3 is 10.2 Å². The molecule has 1 saturated heterocycles. The number of fused-ring (bicyclic) bond motifs is 1. The SMILES string of the molecule is Cc1csc2c(N3CCCC(NC(=O)C4CCC4)C3)ncnc12. The number of nitrogens with one attached hydrogen (secondary N) is 1. The number of hydrogen-bond acceptors (Lipinski definition) is 5. The second-order valence-electron chi connectivity index (χ2n) is 6.72. The van der Waals surface area contributed by atoms with Crippen molar-refractivity contribution < 1.29 is 4.79 Å². The van der Waals surface area contributed by atoms with Crippen molar-refractivity contribution >= 4 is 33.3 Å². The van der Waals surface area contributed by atoms with E-state index in [-0.39, 0.29) is 17.9 Å². The summed E-state index contributed by atoms with van der Waals surface area (Å²) in [5.41, 5.74) is 2.26. The van der Waals surface area contributed by atoms with Crippen molar-refractivity contribution in [3.8, 4) is 0 Å². The molecule has 0 radical (unpaired) electrons. The van der Waals surface area contributed by atoms with E-state index in [2.05, 4.69) is 32.5 Å². The largest absolute Gasteiger partial charge is 0.353 e. The summed E-state index contributed by atoms with van der Waals surface area (Å²) in [7, 11) is 0. The normalized spacial score (nSPS) is 22.1. The molecule has 4 rings (SSSR count). The number of rotatable bonds is 3. The van der Waals surface area contributed by atoms with Crippen LogP contribution in [0.15, 0.2) is 11.7 Å². The summed E-state index contributed by atoms with van der Waals surface area (Å²) >= 11 is 1.71. The van der Waals surface area contributed by atoms with Crippen LogP contribution in [0.5, 0.6) is 0 Å². The van der Waals surface area contributed by atoms with Crippen LogP contribution in [-0.2, 0) is 4.79 Å². The molecule has 1 N–H and O–H groups in total. The monoisotopic (exact) mass is 330 g/mol. The van der Waals surface area contributed by atoms with Gasteiger partial charge in [-0.2, -0.15) is 0 Å². The number of nitrogens with zero attached hydrogens (tertiary/aromatic N) is 3. The second kappa shape index (κ2) is 6.07. The van der Waals surface area contributed by atoms with Crippen LogP contribution >= 0.6 is 11.3 Å². The molecular weight excluding hydrogens is 308 g/mol. The van der Waals surface area contributed by atoms with E-state index in [0.717, 1.165) is 54.8 Å². The molecule has 23 heavy (non-hydrogen) atoms. The van der Waals surface area contributed by atoms with Crippen molar-refractivity contribution in [3.63, 3.8) is 0 Å². The lowest BCUT2D eigenvalue weighted by Crippen LogP contribution is -2.50. The predicted molar refractivity (Wildman–Crippen MR) is 92.9 cm³/mol. The number of carbonyl (C=O) groups excluding carboxylic acids is 1. The van der Waals surface area contributed by atoms with Crippen molar-refractivity contribution in [2.45, 2.75) is 45.1 Å². The Bertz CT molecular complexity index is 724. The maximum Gasteiger partial charge on any atom is 0.223 e. The van der Waals surface area contributed by atoms with E-state index >= 15 is 0 Å². The summed E-state index contributed by atoms with van der Waals surface area (Å²) in [5, 5.41) is 5.39. The molecule has 3 heterocycles. The van der Waals surface area contributed by atoms with Gasteiger partial charge in [0.25, 0.3) is 0 Å². The van der Waals surface area contributed by atoms with Crippen molar-refractivity contribution in [1.82, 2.24) is 15.3 Å². The molecule has 6 heteroatoms. The molecule has 1 amide bonds. The summed E-state index contributed by atoms with van der Waals surface area (Å²) < 4.78 is 1.16. The molecule has 1 atom stereocenters. The third kappa shape index (κ3) is 2.80. The van der Waals surface area contributed by atoms with Crippen LogP contribution < -0.4 is 10.2 Å². The van der Waals surface area contributed by atoms with Gasteiger partial charge in [0, 0.05) is 25.0 Å². The fourth-order valence-corrected chi connectivity index (χ4v) is 4.48. The van der Waals surface area contributed by atoms with E-state index in [1.165, 1.54) is 12.0 Å². The quantitative estimate of drug-likeness (QED) is 0.940. The summed E-state index contributed by atoms with van der Waals surface area (Å²) in [6.07, 6.45) is 7.13. The van der Waals surface area contributed by atoms with Crippen LogP contribution in [0, 0.1) is 12.8 Å². The first-order valence-electron chi connectivity index (χ1n) is 8.46. The molecule has 2 fully saturated rings. The molecule has 0 spiro atoms. The van der Waals surface area contributed by atoms with E-state index in [1.807, 2.05) is 0 Å². The summed E-state index contributed by atoms with van der Waals surface area (Å²) in [6, 6.07) is 0.239. The van der Waals surface area contributed by atoms with E-state index in [4.69, 9.17) is 0 Å². The van der Waals surface area contributed by atoms with Crippen LogP contribution in [0.1, 0.15) is 37.7 Å². The van der Waals surface area contributed by atoms with Gasteiger partial charge in [0.15, 0.2) is 0 Å². The second-order valence-corrected chi connectivity index (χ2v) is 7.59. The number of aromatic nitrogens is 2. The molecule has 1 saturated carbocycles. The number of piperidine rings is 1. The summed E-state index contributed by atoms with van der Waals surface area (Å²) in [6.45, 7) is 3.94. The average molecular weight is 330 g/mol. The molecule has 2 aliphatic rings. The maximum absolute atomic E-state index is 12.2. The number of aryl methyl sites for hydroxylation is 1. The summed E-state index contributed by atoms with van der Waals surface area (Å²) in [5.74, 6) is 1.54. The molecule has 1 aliphatic heterocycles. The van der Waals surface area contributed by atoms with Crippen molar-refractivity contribution in [2.24, 2.45) is 5.92 Å². The Morgan fingerprint density at radius 1 is 1.30 bits per heavy atom. The van der Waals surface area contributed by atoms with Gasteiger partial charge in [-0.05, 0) is 43.6 Å². The standard InChI is InChI=1S/C17H22N4OS/c1-11-9-23-15-14(11)18-10-19-16(15)21-7-3-6-13(8-21)20-17(22)12-4-2-5-12/h9-10,12-13H,2-8H2,1H3,(H,20,22). The number of thiophene rings is 1. The molecule has 122 valence electrons. The van der Waals surface area contributed by atoms with Gasteiger partial charge in [-0.1, -0.05) is 6.42 Å². The fraction of sp³-hybridized carbons (Fsp3) is 0.588. The Morgan fingerprint density at radius 2 is 2.17 bits per heavy atom. The average Bonchev–Trinajstić information content (AvgIpc) is 2.87. The van der Waals surface area contributed by atoms with Crippen LogP contribution in [0.4, 0.5) is 5.82 Å². The minimum atomic E-state index is 0.239. The molecule has 2 aromatic heterocycles. The van der Waals surface area contributed by atoms with Crippen LogP contribution in [0.2, 0.25) is 0 Å². The Hall–Kier alpha value is -1.69. The van der Waals surface area contributed by atoms with E-state index in [1.54, 1.807) is 17.7 Å². The fourth-order valence-electron chi connectivity index (χ4n) is 3.46. The highest BCUT2D eigenvalue weighted by molar-refractivity contribution is 7.18. The van der Waals surface area contributed by atoms with Gasteiger partial charge >= 0.3 is 0 Å². The molecule has 1 aliphatic carbocycles. The number of anilines is 1. The van der Waals surface area contributed by atoms with Crippen molar-refractivity contribution in [1.29, 1.82) is 0 Å². The molecule has 0 bridgehead atoms. The van der Waals surface area contributed by atoms with Gasteiger partial charge in [0.2, 0.25) is 5.91 Å². The molecule has 1 unspecified atom stereocenters. The topological polar surface area (TPSA) is 58.1 Å². The van der Waals surface area contributed by atoms with Crippen molar-refractivity contribution in [2.75, 3.05) is 18.0 Å². The van der Waals surface area contributed by atoms with Gasteiger partial charge in [0.1, 0.15) is 12.1 Å². The first-order valence-corrected chi connectivity index (χ1v) is 9.34. The Kier molecular flexibility index (Phi) is 3.93. The first-order chi connectivity index (χ1) is 11.2. The van der Waals surface area contributed by atoms with Gasteiger partial charge in [0.05, 0.1) is 10.2 Å². The Labute approximate surface area is 140 Å². The third-order valence-electron chi connectivity index (χ3n) is 5.06. The number of carbonyl (C=O) groups is 1. The van der Waals surface area contributed by atoms with Gasteiger partial charge in [-0.3, -0.25) is 4.79 Å². The highest BCUT2D eigenvalue weighted by Crippen LogP contribution is 2.32.